The molecule has 0 amide bonds. The summed E-state index contributed by atoms with van der Waals surface area (Å²) in [6, 6.07) is 1.25. The molecule has 3 rings (SSSR count). The van der Waals surface area contributed by atoms with Gasteiger partial charge in [-0.1, -0.05) is 0 Å². The SMILES string of the molecule is O=C1CCCC1C1CCCN1C1CCOCC1. The Morgan fingerprint density at radius 1 is 1.06 bits per heavy atom. The first kappa shape index (κ1) is 11.7. The van der Waals surface area contributed by atoms with Crippen molar-refractivity contribution in [3.8, 4) is 0 Å². The van der Waals surface area contributed by atoms with Gasteiger partial charge in [0.2, 0.25) is 0 Å². The van der Waals surface area contributed by atoms with Crippen LogP contribution in [0, 0.1) is 5.92 Å². The summed E-state index contributed by atoms with van der Waals surface area (Å²) in [4.78, 5) is 14.6. The van der Waals surface area contributed by atoms with Crippen molar-refractivity contribution in [2.45, 2.75) is 57.0 Å². The van der Waals surface area contributed by atoms with Crippen molar-refractivity contribution >= 4 is 5.78 Å². The molecular formula is C14H23NO2. The molecule has 2 aliphatic heterocycles. The van der Waals surface area contributed by atoms with Crippen LogP contribution in [0.3, 0.4) is 0 Å². The maximum absolute atomic E-state index is 11.9. The zero-order chi connectivity index (χ0) is 11.7. The number of rotatable bonds is 2. The van der Waals surface area contributed by atoms with Gasteiger partial charge in [0.15, 0.2) is 0 Å². The van der Waals surface area contributed by atoms with Gasteiger partial charge in [0.05, 0.1) is 0 Å². The molecule has 1 saturated carbocycles. The normalized spacial score (nSPS) is 36.8. The second-order valence-corrected chi connectivity index (χ2v) is 5.76. The minimum atomic E-state index is 0.361. The van der Waals surface area contributed by atoms with Crippen LogP contribution in [-0.2, 0) is 9.53 Å². The third kappa shape index (κ3) is 2.27. The lowest BCUT2D eigenvalue weighted by Crippen LogP contribution is -2.46. The molecule has 1 aliphatic carbocycles. The van der Waals surface area contributed by atoms with E-state index in [0.29, 0.717) is 23.8 Å². The number of ether oxygens (including phenoxy) is 1. The predicted molar refractivity (Wildman–Crippen MR) is 65.9 cm³/mol. The van der Waals surface area contributed by atoms with Crippen LogP contribution in [0.15, 0.2) is 0 Å². The number of carbonyl (C=O) groups excluding carboxylic acids is 1. The highest BCUT2D eigenvalue weighted by atomic mass is 16.5. The number of ketones is 1. The average Bonchev–Trinajstić information content (AvgIpc) is 2.98. The molecule has 2 saturated heterocycles. The fourth-order valence-electron chi connectivity index (χ4n) is 3.97. The molecule has 0 aromatic heterocycles. The first-order valence-electron chi connectivity index (χ1n) is 7.22. The van der Waals surface area contributed by atoms with Gasteiger partial charge in [0.25, 0.3) is 0 Å². The maximum atomic E-state index is 11.9. The molecule has 2 unspecified atom stereocenters. The fourth-order valence-corrected chi connectivity index (χ4v) is 3.97. The number of carbonyl (C=O) groups is 1. The van der Waals surface area contributed by atoms with Crippen molar-refractivity contribution in [2.24, 2.45) is 5.92 Å². The smallest absolute Gasteiger partial charge is 0.137 e. The molecule has 0 bridgehead atoms. The molecule has 3 heteroatoms. The summed E-state index contributed by atoms with van der Waals surface area (Å²) in [6.45, 7) is 3.03. The van der Waals surface area contributed by atoms with E-state index < -0.39 is 0 Å². The van der Waals surface area contributed by atoms with Gasteiger partial charge in [-0.15, -0.1) is 0 Å². The monoisotopic (exact) mass is 237 g/mol. The summed E-state index contributed by atoms with van der Waals surface area (Å²) in [5, 5.41) is 0. The van der Waals surface area contributed by atoms with Crippen molar-refractivity contribution < 1.29 is 9.53 Å². The Morgan fingerprint density at radius 2 is 1.88 bits per heavy atom. The van der Waals surface area contributed by atoms with Crippen molar-refractivity contribution in [2.75, 3.05) is 19.8 Å². The second kappa shape index (κ2) is 5.07. The first-order chi connectivity index (χ1) is 8.36. The molecular weight excluding hydrogens is 214 g/mol. The third-order valence-electron chi connectivity index (χ3n) is 4.82. The number of hydrogen-bond donors (Lipinski definition) is 0. The Morgan fingerprint density at radius 3 is 2.59 bits per heavy atom. The molecule has 2 heterocycles. The Bertz CT molecular complexity index is 286. The Labute approximate surface area is 104 Å². The molecule has 0 radical (unpaired) electrons. The molecule has 96 valence electrons. The van der Waals surface area contributed by atoms with Crippen LogP contribution < -0.4 is 0 Å². The van der Waals surface area contributed by atoms with Crippen LogP contribution in [0.5, 0.6) is 0 Å². The van der Waals surface area contributed by atoms with Crippen molar-refractivity contribution in [3.05, 3.63) is 0 Å². The standard InChI is InChI=1S/C14H23NO2/c16-14-5-1-3-12(14)13-4-2-8-15(13)11-6-9-17-10-7-11/h11-13H,1-10H2. The minimum Gasteiger partial charge on any atom is -0.381 e. The van der Waals surface area contributed by atoms with E-state index in [1.165, 1.54) is 19.4 Å². The summed E-state index contributed by atoms with van der Waals surface area (Å²) in [5.74, 6) is 0.898. The van der Waals surface area contributed by atoms with Crippen LogP contribution in [0.25, 0.3) is 0 Å². The lowest BCUT2D eigenvalue weighted by Gasteiger charge is -2.37. The van der Waals surface area contributed by atoms with Gasteiger partial charge in [0, 0.05) is 37.6 Å². The van der Waals surface area contributed by atoms with Gasteiger partial charge >= 0.3 is 0 Å². The number of likely N-dealkylation sites (tertiary alicyclic amines) is 1. The van der Waals surface area contributed by atoms with Gasteiger partial charge in [-0.2, -0.15) is 0 Å². The second-order valence-electron chi connectivity index (χ2n) is 5.76. The van der Waals surface area contributed by atoms with E-state index in [2.05, 4.69) is 4.90 Å². The molecule has 3 fully saturated rings. The number of nitrogens with zero attached hydrogens (tertiary/aromatic N) is 1. The molecule has 17 heavy (non-hydrogen) atoms. The highest BCUT2D eigenvalue weighted by Crippen LogP contribution is 2.35. The molecule has 3 nitrogen and oxygen atoms in total. The zero-order valence-electron chi connectivity index (χ0n) is 10.6. The van der Waals surface area contributed by atoms with E-state index in [1.54, 1.807) is 0 Å². The minimum absolute atomic E-state index is 0.361. The number of Topliss-reactive ketones (excluding diaryl/α,β-unsaturated/α-hetero) is 1. The maximum Gasteiger partial charge on any atom is 0.137 e. The van der Waals surface area contributed by atoms with Gasteiger partial charge in [0.1, 0.15) is 5.78 Å². The van der Waals surface area contributed by atoms with E-state index in [4.69, 9.17) is 4.74 Å². The quantitative estimate of drug-likeness (QED) is 0.735. The third-order valence-corrected chi connectivity index (χ3v) is 4.82. The topological polar surface area (TPSA) is 29.5 Å². The van der Waals surface area contributed by atoms with E-state index >= 15 is 0 Å². The van der Waals surface area contributed by atoms with Crippen LogP contribution in [0.4, 0.5) is 0 Å². The summed E-state index contributed by atoms with van der Waals surface area (Å²) < 4.78 is 5.45. The molecule has 0 N–H and O–H groups in total. The first-order valence-corrected chi connectivity index (χ1v) is 7.22. The van der Waals surface area contributed by atoms with Crippen molar-refractivity contribution in [3.63, 3.8) is 0 Å². The lowest BCUT2D eigenvalue weighted by atomic mass is 9.93. The molecule has 2 atom stereocenters. The Balaban J connectivity index is 1.68. The Hall–Kier alpha value is -0.410. The average molecular weight is 237 g/mol. The van der Waals surface area contributed by atoms with Crippen LogP contribution in [0.2, 0.25) is 0 Å². The van der Waals surface area contributed by atoms with Gasteiger partial charge in [-0.05, 0) is 45.1 Å². The summed E-state index contributed by atoms with van der Waals surface area (Å²) in [7, 11) is 0. The fraction of sp³-hybridized carbons (Fsp3) is 0.929. The Kier molecular flexibility index (Phi) is 3.48. The van der Waals surface area contributed by atoms with Crippen LogP contribution in [0.1, 0.15) is 44.9 Å². The zero-order valence-corrected chi connectivity index (χ0v) is 10.6. The molecule has 3 aliphatic rings. The number of hydrogen-bond acceptors (Lipinski definition) is 3. The van der Waals surface area contributed by atoms with E-state index in [0.717, 1.165) is 45.3 Å². The summed E-state index contributed by atoms with van der Waals surface area (Å²) in [6.07, 6.45) is 7.96. The summed E-state index contributed by atoms with van der Waals surface area (Å²) in [5.41, 5.74) is 0. The van der Waals surface area contributed by atoms with Gasteiger partial charge in [-0.3, -0.25) is 9.69 Å². The largest absolute Gasteiger partial charge is 0.381 e. The van der Waals surface area contributed by atoms with Crippen molar-refractivity contribution in [1.82, 2.24) is 4.90 Å². The van der Waals surface area contributed by atoms with Gasteiger partial charge < -0.3 is 4.74 Å². The van der Waals surface area contributed by atoms with Gasteiger partial charge in [-0.25, -0.2) is 0 Å². The van der Waals surface area contributed by atoms with E-state index in [9.17, 15) is 4.79 Å². The molecule has 0 spiro atoms. The van der Waals surface area contributed by atoms with Crippen LogP contribution >= 0.6 is 0 Å². The van der Waals surface area contributed by atoms with Crippen molar-refractivity contribution in [1.29, 1.82) is 0 Å². The molecule has 0 aromatic carbocycles. The van der Waals surface area contributed by atoms with E-state index in [-0.39, 0.29) is 0 Å². The highest BCUT2D eigenvalue weighted by Gasteiger charge is 2.40. The predicted octanol–water partition coefficient (Wildman–Crippen LogP) is 2.00. The highest BCUT2D eigenvalue weighted by molar-refractivity contribution is 5.83. The lowest BCUT2D eigenvalue weighted by molar-refractivity contribution is -0.122. The molecule has 0 aromatic rings. The summed E-state index contributed by atoms with van der Waals surface area (Å²) >= 11 is 0. The van der Waals surface area contributed by atoms with Crippen LogP contribution in [-0.4, -0.2) is 42.5 Å². The van der Waals surface area contributed by atoms with E-state index in [1.807, 2.05) is 0 Å².